The number of nitrogen functional groups attached to an aromatic ring is 1. The summed E-state index contributed by atoms with van der Waals surface area (Å²) in [4.78, 5) is 3.85. The van der Waals surface area contributed by atoms with Crippen LogP contribution in [0.4, 0.5) is 5.95 Å². The molecule has 0 atom stereocenters. The Kier molecular flexibility index (Phi) is 2.93. The maximum absolute atomic E-state index is 5.90. The monoisotopic (exact) mass is 286 g/mol. The predicted octanol–water partition coefficient (Wildman–Crippen LogP) is 2.32. The van der Waals surface area contributed by atoms with Gasteiger partial charge in [0.2, 0.25) is 5.95 Å². The number of anilines is 1. The van der Waals surface area contributed by atoms with E-state index in [0.717, 1.165) is 10.0 Å². The molecule has 0 fully saturated rings. The molecule has 0 radical (unpaired) electrons. The number of aromatic nitrogens is 3. The third-order valence-corrected chi connectivity index (χ3v) is 2.90. The van der Waals surface area contributed by atoms with Gasteiger partial charge in [-0.15, -0.1) is 5.10 Å². The second kappa shape index (κ2) is 4.20. The second-order valence-electron chi connectivity index (χ2n) is 3.04. The van der Waals surface area contributed by atoms with Gasteiger partial charge in [0.25, 0.3) is 0 Å². The van der Waals surface area contributed by atoms with Crippen LogP contribution in [0.25, 0.3) is 0 Å². The number of nitrogens with zero attached hydrogens (tertiary/aromatic N) is 3. The molecule has 2 N–H and O–H groups in total. The average Bonchev–Trinajstić information content (AvgIpc) is 2.58. The molecule has 2 aromatic rings. The van der Waals surface area contributed by atoms with Gasteiger partial charge in [0.15, 0.2) is 0 Å². The highest BCUT2D eigenvalue weighted by Crippen LogP contribution is 2.21. The molecule has 2 rings (SSSR count). The Morgan fingerprint density at radius 2 is 2.27 bits per heavy atom. The van der Waals surface area contributed by atoms with Crippen molar-refractivity contribution in [2.75, 3.05) is 5.73 Å². The van der Waals surface area contributed by atoms with E-state index in [1.165, 1.54) is 0 Å². The summed E-state index contributed by atoms with van der Waals surface area (Å²) in [5.41, 5.74) is 6.45. The molecule has 0 aliphatic carbocycles. The zero-order valence-electron chi connectivity index (χ0n) is 7.69. The zero-order valence-corrected chi connectivity index (χ0v) is 10.0. The van der Waals surface area contributed by atoms with Crippen molar-refractivity contribution in [3.63, 3.8) is 0 Å². The van der Waals surface area contributed by atoms with Crippen molar-refractivity contribution < 1.29 is 0 Å². The number of hydrogen-bond acceptors (Lipinski definition) is 3. The van der Waals surface area contributed by atoms with Gasteiger partial charge in [0, 0.05) is 9.50 Å². The van der Waals surface area contributed by atoms with Crippen LogP contribution in [-0.2, 0) is 6.54 Å². The molecule has 0 bridgehead atoms. The molecule has 1 aromatic carbocycles. The van der Waals surface area contributed by atoms with Crippen LogP contribution >= 0.6 is 27.5 Å². The van der Waals surface area contributed by atoms with E-state index in [2.05, 4.69) is 26.0 Å². The first-order valence-electron chi connectivity index (χ1n) is 4.24. The Labute approximate surface area is 100 Å². The lowest BCUT2D eigenvalue weighted by atomic mass is 10.2. The van der Waals surface area contributed by atoms with Gasteiger partial charge in [-0.05, 0) is 23.8 Å². The van der Waals surface area contributed by atoms with Gasteiger partial charge in [0.05, 0.1) is 6.54 Å². The second-order valence-corrected chi connectivity index (χ2v) is 4.33. The molecule has 0 spiro atoms. The van der Waals surface area contributed by atoms with Crippen LogP contribution < -0.4 is 5.73 Å². The Balaban J connectivity index is 2.27. The minimum Gasteiger partial charge on any atom is -0.367 e. The van der Waals surface area contributed by atoms with Gasteiger partial charge >= 0.3 is 0 Å². The largest absolute Gasteiger partial charge is 0.367 e. The Morgan fingerprint density at radius 1 is 1.47 bits per heavy atom. The van der Waals surface area contributed by atoms with Crippen LogP contribution in [0.1, 0.15) is 5.56 Å². The topological polar surface area (TPSA) is 56.7 Å². The maximum Gasteiger partial charge on any atom is 0.239 e. The summed E-state index contributed by atoms with van der Waals surface area (Å²) in [6.07, 6.45) is 1.59. The summed E-state index contributed by atoms with van der Waals surface area (Å²) in [5.74, 6) is 0.271. The summed E-state index contributed by atoms with van der Waals surface area (Å²) in [7, 11) is 0. The van der Waals surface area contributed by atoms with Crippen molar-refractivity contribution in [2.45, 2.75) is 6.54 Å². The summed E-state index contributed by atoms with van der Waals surface area (Å²) in [6, 6.07) is 5.60. The van der Waals surface area contributed by atoms with Crippen molar-refractivity contribution in [2.24, 2.45) is 0 Å². The molecule has 0 amide bonds. The summed E-state index contributed by atoms with van der Waals surface area (Å²) in [5, 5.41) is 4.69. The fourth-order valence-electron chi connectivity index (χ4n) is 1.22. The van der Waals surface area contributed by atoms with Crippen molar-refractivity contribution in [1.82, 2.24) is 14.8 Å². The highest BCUT2D eigenvalue weighted by Gasteiger charge is 2.03. The van der Waals surface area contributed by atoms with Gasteiger partial charge < -0.3 is 5.73 Å². The van der Waals surface area contributed by atoms with E-state index in [9.17, 15) is 0 Å². The van der Waals surface area contributed by atoms with Crippen molar-refractivity contribution in [3.8, 4) is 0 Å². The molecule has 0 saturated carbocycles. The van der Waals surface area contributed by atoms with Gasteiger partial charge in [-0.1, -0.05) is 27.5 Å². The normalized spacial score (nSPS) is 10.5. The van der Waals surface area contributed by atoms with Crippen LogP contribution in [0, 0.1) is 0 Å². The highest BCUT2D eigenvalue weighted by atomic mass is 79.9. The van der Waals surface area contributed by atoms with Crippen LogP contribution in [0.2, 0.25) is 5.02 Å². The molecule has 0 saturated heterocycles. The third-order valence-electron chi connectivity index (χ3n) is 1.89. The van der Waals surface area contributed by atoms with E-state index >= 15 is 0 Å². The minimum absolute atomic E-state index is 0.271. The predicted molar refractivity (Wildman–Crippen MR) is 62.7 cm³/mol. The lowest BCUT2D eigenvalue weighted by Crippen LogP contribution is -2.01. The molecule has 0 unspecified atom stereocenters. The van der Waals surface area contributed by atoms with Crippen molar-refractivity contribution in [3.05, 3.63) is 39.6 Å². The molecule has 0 aliphatic rings. The molecule has 6 heteroatoms. The van der Waals surface area contributed by atoms with Gasteiger partial charge in [-0.3, -0.25) is 0 Å². The Hall–Kier alpha value is -1.07. The van der Waals surface area contributed by atoms with Crippen LogP contribution in [0.3, 0.4) is 0 Å². The molecule has 78 valence electrons. The molecular formula is C9H8BrClN4. The number of nitrogens with two attached hydrogens (primary N) is 1. The van der Waals surface area contributed by atoms with E-state index in [1.54, 1.807) is 11.0 Å². The molecule has 0 aliphatic heterocycles. The quantitative estimate of drug-likeness (QED) is 0.922. The average molecular weight is 288 g/mol. The Bertz CT molecular complexity index is 483. The van der Waals surface area contributed by atoms with E-state index in [1.807, 2.05) is 18.2 Å². The number of rotatable bonds is 2. The molecular weight excluding hydrogens is 279 g/mol. The van der Waals surface area contributed by atoms with Gasteiger partial charge in [-0.25, -0.2) is 9.67 Å². The third kappa shape index (κ3) is 2.49. The fraction of sp³-hybridized carbons (Fsp3) is 0.111. The zero-order chi connectivity index (χ0) is 10.8. The highest BCUT2D eigenvalue weighted by molar-refractivity contribution is 9.10. The first-order valence-corrected chi connectivity index (χ1v) is 5.41. The van der Waals surface area contributed by atoms with E-state index in [-0.39, 0.29) is 5.95 Å². The fourth-order valence-corrected chi connectivity index (χ4v) is 1.79. The lowest BCUT2D eigenvalue weighted by molar-refractivity contribution is 0.685. The number of hydrogen-bond donors (Lipinski definition) is 1. The molecule has 4 nitrogen and oxygen atoms in total. The number of halogens is 2. The first-order chi connectivity index (χ1) is 7.15. The van der Waals surface area contributed by atoms with Crippen LogP contribution in [0.5, 0.6) is 0 Å². The van der Waals surface area contributed by atoms with Gasteiger partial charge in [-0.2, -0.15) is 0 Å². The summed E-state index contributed by atoms with van der Waals surface area (Å²) in [6.45, 7) is 0.589. The first kappa shape index (κ1) is 10.4. The summed E-state index contributed by atoms with van der Waals surface area (Å²) < 4.78 is 2.65. The SMILES string of the molecule is Nc1ncn(Cc2cc(Cl)ccc2Br)n1. The molecule has 15 heavy (non-hydrogen) atoms. The van der Waals surface area contributed by atoms with Crippen LogP contribution in [-0.4, -0.2) is 14.8 Å². The Morgan fingerprint density at radius 3 is 2.93 bits per heavy atom. The van der Waals surface area contributed by atoms with Gasteiger partial charge in [0.1, 0.15) is 6.33 Å². The van der Waals surface area contributed by atoms with Crippen molar-refractivity contribution >= 4 is 33.5 Å². The van der Waals surface area contributed by atoms with E-state index in [0.29, 0.717) is 11.6 Å². The van der Waals surface area contributed by atoms with E-state index < -0.39 is 0 Å². The lowest BCUT2D eigenvalue weighted by Gasteiger charge is -2.04. The molecule has 1 heterocycles. The van der Waals surface area contributed by atoms with Crippen LogP contribution in [0.15, 0.2) is 29.0 Å². The standard InChI is InChI=1S/C9H8BrClN4/c10-8-2-1-7(11)3-6(8)4-15-5-13-9(12)14-15/h1-3,5H,4H2,(H2,12,14). The smallest absolute Gasteiger partial charge is 0.239 e. The maximum atomic E-state index is 5.90. The minimum atomic E-state index is 0.271. The summed E-state index contributed by atoms with van der Waals surface area (Å²) >= 11 is 9.34. The number of benzene rings is 1. The van der Waals surface area contributed by atoms with Crippen molar-refractivity contribution in [1.29, 1.82) is 0 Å². The molecule has 1 aromatic heterocycles. The van der Waals surface area contributed by atoms with E-state index in [4.69, 9.17) is 17.3 Å².